The zero-order valence-electron chi connectivity index (χ0n) is 15.1. The lowest BCUT2D eigenvalue weighted by molar-refractivity contribution is -0.122. The molecule has 1 unspecified atom stereocenters. The molecular weight excluding hydrogens is 308 g/mol. The molecule has 0 aromatic heterocycles. The van der Waals surface area contributed by atoms with E-state index in [1.165, 1.54) is 0 Å². The van der Waals surface area contributed by atoms with Crippen LogP contribution in [0, 0.1) is 0 Å². The maximum atomic E-state index is 13.4. The summed E-state index contributed by atoms with van der Waals surface area (Å²) in [5.41, 5.74) is 2.78. The molecule has 3 rings (SSSR count). The zero-order valence-corrected chi connectivity index (χ0v) is 15.1. The van der Waals surface area contributed by atoms with Crippen LogP contribution in [0.5, 0.6) is 0 Å². The zero-order chi connectivity index (χ0) is 18.0. The van der Waals surface area contributed by atoms with Gasteiger partial charge in [0.2, 0.25) is 0 Å². The number of carbonyl (C=O) groups excluding carboxylic acids is 1. The number of Topliss-reactive ketones (excluding diaryl/α,β-unsaturated/α-hetero) is 1. The Kier molecular flexibility index (Phi) is 4.63. The Bertz CT molecular complexity index is 816. The van der Waals surface area contributed by atoms with E-state index < -0.39 is 5.41 Å². The standard InChI is InChI=1S/C23H24O2/c1-16(2)15-23(19-13-9-6-10-14-19)21(24)20(22(23)25-17(3)4)18-11-7-5-8-12-18/h5-14,17H,1,15H2,2-4H3. The predicted octanol–water partition coefficient (Wildman–Crippen LogP) is 5.31. The third-order valence-electron chi connectivity index (χ3n) is 4.48. The van der Waals surface area contributed by atoms with Crippen LogP contribution in [0.3, 0.4) is 0 Å². The highest BCUT2D eigenvalue weighted by Gasteiger charge is 2.56. The van der Waals surface area contributed by atoms with E-state index in [1.54, 1.807) is 0 Å². The molecule has 0 N–H and O–H groups in total. The van der Waals surface area contributed by atoms with Gasteiger partial charge in [-0.2, -0.15) is 0 Å². The van der Waals surface area contributed by atoms with Crippen LogP contribution >= 0.6 is 0 Å². The fraction of sp³-hybridized carbons (Fsp3) is 0.261. The number of benzene rings is 2. The Morgan fingerprint density at radius 3 is 2.12 bits per heavy atom. The maximum absolute atomic E-state index is 13.4. The Morgan fingerprint density at radius 2 is 1.60 bits per heavy atom. The van der Waals surface area contributed by atoms with Gasteiger partial charge in [-0.3, -0.25) is 4.79 Å². The van der Waals surface area contributed by atoms with E-state index in [0.717, 1.165) is 22.5 Å². The number of hydrogen-bond acceptors (Lipinski definition) is 2. The Balaban J connectivity index is 2.22. The monoisotopic (exact) mass is 332 g/mol. The highest BCUT2D eigenvalue weighted by molar-refractivity contribution is 6.34. The minimum absolute atomic E-state index is 0.00461. The summed E-state index contributed by atoms with van der Waals surface area (Å²) in [6.45, 7) is 10.0. The van der Waals surface area contributed by atoms with Gasteiger partial charge in [-0.1, -0.05) is 66.2 Å². The first kappa shape index (κ1) is 17.2. The first-order valence-corrected chi connectivity index (χ1v) is 8.68. The molecule has 0 bridgehead atoms. The van der Waals surface area contributed by atoms with Crippen molar-refractivity contribution in [2.45, 2.75) is 38.7 Å². The summed E-state index contributed by atoms with van der Waals surface area (Å²) < 4.78 is 6.21. The normalized spacial score (nSPS) is 19.8. The van der Waals surface area contributed by atoms with E-state index in [4.69, 9.17) is 4.74 Å². The van der Waals surface area contributed by atoms with Gasteiger partial charge in [0.25, 0.3) is 0 Å². The molecule has 0 spiro atoms. The SMILES string of the molecule is C=C(C)CC1(c2ccccc2)C(=O)C(c2ccccc2)=C1OC(C)C. The molecule has 1 atom stereocenters. The van der Waals surface area contributed by atoms with Crippen LogP contribution < -0.4 is 0 Å². The molecule has 0 saturated heterocycles. The van der Waals surface area contributed by atoms with Crippen molar-refractivity contribution in [3.63, 3.8) is 0 Å². The van der Waals surface area contributed by atoms with Crippen LogP contribution in [0.25, 0.3) is 5.57 Å². The highest BCUT2D eigenvalue weighted by atomic mass is 16.5. The second-order valence-electron chi connectivity index (χ2n) is 6.97. The largest absolute Gasteiger partial charge is 0.493 e. The summed E-state index contributed by atoms with van der Waals surface area (Å²) in [6, 6.07) is 19.7. The lowest BCUT2D eigenvalue weighted by Crippen LogP contribution is -2.49. The molecule has 0 saturated carbocycles. The first-order valence-electron chi connectivity index (χ1n) is 8.68. The van der Waals surface area contributed by atoms with Gasteiger partial charge in [0.1, 0.15) is 11.2 Å². The van der Waals surface area contributed by atoms with E-state index in [2.05, 4.69) is 6.58 Å². The predicted molar refractivity (Wildman–Crippen MR) is 102 cm³/mol. The van der Waals surface area contributed by atoms with Gasteiger partial charge >= 0.3 is 0 Å². The fourth-order valence-electron chi connectivity index (χ4n) is 3.53. The van der Waals surface area contributed by atoms with Gasteiger partial charge in [-0.15, -0.1) is 6.58 Å². The summed E-state index contributed by atoms with van der Waals surface area (Å²) in [4.78, 5) is 13.4. The van der Waals surface area contributed by atoms with Crippen molar-refractivity contribution >= 4 is 11.4 Å². The van der Waals surface area contributed by atoms with Crippen molar-refractivity contribution in [2.24, 2.45) is 0 Å². The molecule has 128 valence electrons. The van der Waals surface area contributed by atoms with Gasteiger partial charge in [0, 0.05) is 0 Å². The molecule has 0 amide bonds. The lowest BCUT2D eigenvalue weighted by Gasteiger charge is -2.45. The molecule has 25 heavy (non-hydrogen) atoms. The van der Waals surface area contributed by atoms with Crippen LogP contribution in [0.15, 0.2) is 78.6 Å². The number of ketones is 1. The Hall–Kier alpha value is -2.61. The molecule has 2 heteroatoms. The topological polar surface area (TPSA) is 26.3 Å². The summed E-state index contributed by atoms with van der Waals surface area (Å²) in [7, 11) is 0. The summed E-state index contributed by atoms with van der Waals surface area (Å²) in [6.07, 6.45) is 0.559. The van der Waals surface area contributed by atoms with E-state index >= 15 is 0 Å². The van der Waals surface area contributed by atoms with Gasteiger partial charge in [0.05, 0.1) is 11.7 Å². The average Bonchev–Trinajstić information content (AvgIpc) is 2.60. The average molecular weight is 332 g/mol. The molecule has 1 aliphatic rings. The summed E-state index contributed by atoms with van der Waals surface area (Å²) in [5.74, 6) is 0.886. The third-order valence-corrected chi connectivity index (χ3v) is 4.48. The number of hydrogen-bond donors (Lipinski definition) is 0. The van der Waals surface area contributed by atoms with Crippen LogP contribution in [0.1, 0.15) is 38.3 Å². The smallest absolute Gasteiger partial charge is 0.185 e. The van der Waals surface area contributed by atoms with E-state index in [1.807, 2.05) is 81.4 Å². The van der Waals surface area contributed by atoms with Crippen molar-refractivity contribution < 1.29 is 9.53 Å². The van der Waals surface area contributed by atoms with E-state index in [-0.39, 0.29) is 11.9 Å². The number of rotatable bonds is 6. The molecule has 0 fully saturated rings. The first-order chi connectivity index (χ1) is 12.0. The van der Waals surface area contributed by atoms with Crippen molar-refractivity contribution in [3.05, 3.63) is 89.7 Å². The quantitative estimate of drug-likeness (QED) is 0.670. The maximum Gasteiger partial charge on any atom is 0.185 e. The molecule has 0 heterocycles. The van der Waals surface area contributed by atoms with Crippen molar-refractivity contribution in [2.75, 3.05) is 0 Å². The fourth-order valence-corrected chi connectivity index (χ4v) is 3.53. The molecule has 2 nitrogen and oxygen atoms in total. The number of ether oxygens (including phenoxy) is 1. The molecule has 0 aliphatic heterocycles. The lowest BCUT2D eigenvalue weighted by atomic mass is 9.59. The molecular formula is C23H24O2. The molecule has 2 aromatic carbocycles. The van der Waals surface area contributed by atoms with E-state index in [0.29, 0.717) is 12.0 Å². The van der Waals surface area contributed by atoms with E-state index in [9.17, 15) is 4.79 Å². The van der Waals surface area contributed by atoms with Crippen LogP contribution in [0.2, 0.25) is 0 Å². The van der Waals surface area contributed by atoms with Crippen molar-refractivity contribution in [1.29, 1.82) is 0 Å². The second kappa shape index (κ2) is 6.72. The minimum atomic E-state index is -0.761. The Morgan fingerprint density at radius 1 is 1.04 bits per heavy atom. The van der Waals surface area contributed by atoms with Gasteiger partial charge in [0.15, 0.2) is 5.78 Å². The van der Waals surface area contributed by atoms with Crippen LogP contribution in [-0.2, 0) is 14.9 Å². The molecule has 1 aliphatic carbocycles. The van der Waals surface area contributed by atoms with Crippen LogP contribution in [0.4, 0.5) is 0 Å². The van der Waals surface area contributed by atoms with Gasteiger partial charge in [-0.05, 0) is 38.3 Å². The summed E-state index contributed by atoms with van der Waals surface area (Å²) in [5, 5.41) is 0. The minimum Gasteiger partial charge on any atom is -0.493 e. The molecule has 0 radical (unpaired) electrons. The van der Waals surface area contributed by atoms with Gasteiger partial charge < -0.3 is 4.74 Å². The number of allylic oxidation sites excluding steroid dienone is 3. The molecule has 2 aromatic rings. The van der Waals surface area contributed by atoms with Gasteiger partial charge in [-0.25, -0.2) is 0 Å². The Labute approximate surface area is 149 Å². The second-order valence-corrected chi connectivity index (χ2v) is 6.97. The van der Waals surface area contributed by atoms with Crippen molar-refractivity contribution in [3.8, 4) is 0 Å². The van der Waals surface area contributed by atoms with Crippen LogP contribution in [-0.4, -0.2) is 11.9 Å². The number of carbonyl (C=O) groups is 1. The van der Waals surface area contributed by atoms with Crippen molar-refractivity contribution in [1.82, 2.24) is 0 Å². The highest BCUT2D eigenvalue weighted by Crippen LogP contribution is 2.53. The third kappa shape index (κ3) is 2.93. The summed E-state index contributed by atoms with van der Waals surface area (Å²) >= 11 is 0.